The number of imidazole rings is 1. The number of para-hydroxylation sites is 2. The van der Waals surface area contributed by atoms with Crippen LogP contribution in [0.5, 0.6) is 0 Å². The molecule has 0 saturated carbocycles. The number of nitrogens with zero attached hydrogens (tertiary/aromatic N) is 5. The Morgan fingerprint density at radius 3 is 2.15 bits per heavy atom. The smallest absolute Gasteiger partial charge is 0.329 e. The summed E-state index contributed by atoms with van der Waals surface area (Å²) in [4.78, 5) is 18.2. The molecule has 3 aromatic rings. The van der Waals surface area contributed by atoms with E-state index in [9.17, 15) is 4.79 Å². The van der Waals surface area contributed by atoms with E-state index in [0.717, 1.165) is 35.4 Å². The van der Waals surface area contributed by atoms with E-state index in [-0.39, 0.29) is 11.7 Å². The van der Waals surface area contributed by atoms with Crippen LogP contribution in [0, 0.1) is 18.3 Å². The van der Waals surface area contributed by atoms with Crippen LogP contribution in [0.4, 0.5) is 0 Å². The number of benzene rings is 1. The van der Waals surface area contributed by atoms with Gasteiger partial charge in [0.2, 0.25) is 0 Å². The summed E-state index contributed by atoms with van der Waals surface area (Å²) < 4.78 is 5.74. The fourth-order valence-corrected chi connectivity index (χ4v) is 3.63. The van der Waals surface area contributed by atoms with Gasteiger partial charge < -0.3 is 4.57 Å². The molecule has 34 heavy (non-hydrogen) atoms. The van der Waals surface area contributed by atoms with Gasteiger partial charge in [0.15, 0.2) is 0 Å². The van der Waals surface area contributed by atoms with Gasteiger partial charge >= 0.3 is 5.69 Å². The lowest BCUT2D eigenvalue weighted by molar-refractivity contribution is 0.531. The minimum atomic E-state index is -0.0387. The van der Waals surface area contributed by atoms with E-state index in [1.807, 2.05) is 93.9 Å². The Morgan fingerprint density at radius 2 is 1.53 bits per heavy atom. The van der Waals surface area contributed by atoms with Crippen LogP contribution in [0.15, 0.2) is 59.5 Å². The molecular formula is C28H41N5O. The van der Waals surface area contributed by atoms with Gasteiger partial charge in [0.25, 0.3) is 0 Å². The zero-order valence-electron chi connectivity index (χ0n) is 22.0. The molecule has 0 bridgehead atoms. The van der Waals surface area contributed by atoms with Crippen molar-refractivity contribution in [3.05, 3.63) is 76.7 Å². The summed E-state index contributed by atoms with van der Waals surface area (Å²) >= 11 is 0. The number of nitriles is 1. The van der Waals surface area contributed by atoms with Crippen molar-refractivity contribution in [1.82, 2.24) is 18.7 Å². The Hall–Kier alpha value is -3.33. The molecule has 2 aromatic heterocycles. The summed E-state index contributed by atoms with van der Waals surface area (Å²) in [5, 5.41) is 8.78. The summed E-state index contributed by atoms with van der Waals surface area (Å²) in [7, 11) is 0. The topological polar surface area (TPSA) is 68.5 Å². The molecule has 0 unspecified atom stereocenters. The first-order chi connectivity index (χ1) is 16.5. The second-order valence-corrected chi connectivity index (χ2v) is 7.69. The van der Waals surface area contributed by atoms with Crippen molar-refractivity contribution in [2.45, 2.75) is 86.9 Å². The van der Waals surface area contributed by atoms with Gasteiger partial charge in [-0.2, -0.15) is 5.26 Å². The Balaban J connectivity index is 0.00000137. The third-order valence-corrected chi connectivity index (χ3v) is 5.11. The van der Waals surface area contributed by atoms with Gasteiger partial charge in [-0.05, 0) is 57.9 Å². The standard InChI is InChI=1S/C24H29N5O.2C2H6/c1-19(2)27-16-10-4-6-12-20(3)26-23(27)18-29-22-14-8-7-13-21(22)28(24(29)30)17-11-5-9-15-25;2*1-2/h4,6-8,10,12-14,16,19H,5,9,11,17-18H2,1-3H3;2*1-2H3. The maximum Gasteiger partial charge on any atom is 0.329 e. The first kappa shape index (κ1) is 28.7. The van der Waals surface area contributed by atoms with E-state index >= 15 is 0 Å². The largest absolute Gasteiger partial charge is 0.332 e. The number of aryl methyl sites for hydroxylation is 2. The molecule has 0 N–H and O–H groups in total. The van der Waals surface area contributed by atoms with Gasteiger partial charge in [-0.25, -0.2) is 9.78 Å². The molecule has 6 heteroatoms. The average Bonchev–Trinajstić information content (AvgIpc) is 3.16. The van der Waals surface area contributed by atoms with Crippen molar-refractivity contribution in [2.75, 3.05) is 0 Å². The Labute approximate surface area is 204 Å². The molecule has 0 fully saturated rings. The predicted molar refractivity (Wildman–Crippen MR) is 142 cm³/mol. The number of rotatable bonds is 7. The Bertz CT molecular complexity index is 1160. The van der Waals surface area contributed by atoms with E-state index in [4.69, 9.17) is 10.2 Å². The highest BCUT2D eigenvalue weighted by Crippen LogP contribution is 2.16. The third kappa shape index (κ3) is 7.62. The van der Waals surface area contributed by atoms with E-state index in [1.54, 1.807) is 4.57 Å². The molecule has 0 amide bonds. The predicted octanol–water partition coefficient (Wildman–Crippen LogP) is 6.81. The molecule has 0 aliphatic rings. The van der Waals surface area contributed by atoms with Gasteiger partial charge in [0, 0.05) is 30.9 Å². The lowest BCUT2D eigenvalue weighted by atomic mass is 10.2. The first-order valence-corrected chi connectivity index (χ1v) is 12.5. The summed E-state index contributed by atoms with van der Waals surface area (Å²) in [6.45, 7) is 15.2. The average molecular weight is 464 g/mol. The van der Waals surface area contributed by atoms with Crippen molar-refractivity contribution in [3.63, 3.8) is 0 Å². The second-order valence-electron chi connectivity index (χ2n) is 7.69. The molecule has 0 radical (unpaired) electrons. The van der Waals surface area contributed by atoms with Crippen molar-refractivity contribution >= 4 is 11.0 Å². The van der Waals surface area contributed by atoms with E-state index in [2.05, 4.69) is 24.5 Å². The van der Waals surface area contributed by atoms with E-state index in [0.29, 0.717) is 19.5 Å². The second kappa shape index (κ2) is 15.5. The minimum Gasteiger partial charge on any atom is -0.332 e. The highest BCUT2D eigenvalue weighted by Gasteiger charge is 2.15. The third-order valence-electron chi connectivity index (χ3n) is 5.11. The molecule has 0 aliphatic carbocycles. The fourth-order valence-electron chi connectivity index (χ4n) is 3.63. The maximum absolute atomic E-state index is 13.3. The van der Waals surface area contributed by atoms with Gasteiger partial charge in [-0.1, -0.05) is 52.0 Å². The summed E-state index contributed by atoms with van der Waals surface area (Å²) in [6, 6.07) is 18.2. The molecule has 0 atom stereocenters. The van der Waals surface area contributed by atoms with Gasteiger partial charge in [-0.15, -0.1) is 0 Å². The molecule has 2 heterocycles. The number of hydrogen-bond donors (Lipinski definition) is 0. The zero-order chi connectivity index (χ0) is 25.5. The molecule has 6 nitrogen and oxygen atoms in total. The lowest BCUT2D eigenvalue weighted by Gasteiger charge is -2.15. The lowest BCUT2D eigenvalue weighted by Crippen LogP contribution is -2.26. The number of hydrogen-bond acceptors (Lipinski definition) is 3. The van der Waals surface area contributed by atoms with Crippen molar-refractivity contribution in [2.24, 2.45) is 0 Å². The van der Waals surface area contributed by atoms with Crippen LogP contribution in [0.25, 0.3) is 11.0 Å². The van der Waals surface area contributed by atoms with Crippen LogP contribution >= 0.6 is 0 Å². The van der Waals surface area contributed by atoms with Crippen molar-refractivity contribution < 1.29 is 0 Å². The fraction of sp³-hybridized carbons (Fsp3) is 0.464. The van der Waals surface area contributed by atoms with Crippen LogP contribution in [0.2, 0.25) is 0 Å². The highest BCUT2D eigenvalue weighted by atomic mass is 16.1. The molecule has 184 valence electrons. The quantitative estimate of drug-likeness (QED) is 0.361. The number of aromatic nitrogens is 4. The van der Waals surface area contributed by atoms with Crippen molar-refractivity contribution in [3.8, 4) is 6.07 Å². The monoisotopic (exact) mass is 463 g/mol. The number of fused-ring (bicyclic) bond motifs is 1. The Morgan fingerprint density at radius 1 is 0.912 bits per heavy atom. The summed E-state index contributed by atoms with van der Waals surface area (Å²) in [5.74, 6) is 0.827. The highest BCUT2D eigenvalue weighted by molar-refractivity contribution is 5.76. The normalized spacial score (nSPS) is 9.97. The van der Waals surface area contributed by atoms with Crippen LogP contribution in [-0.4, -0.2) is 18.7 Å². The summed E-state index contributed by atoms with van der Waals surface area (Å²) in [5.41, 5.74) is 2.67. The molecule has 0 saturated heterocycles. The van der Waals surface area contributed by atoms with Crippen molar-refractivity contribution in [1.29, 1.82) is 5.26 Å². The van der Waals surface area contributed by atoms with Gasteiger partial charge in [0.05, 0.1) is 23.6 Å². The van der Waals surface area contributed by atoms with E-state index < -0.39 is 0 Å². The molecule has 0 aliphatic heterocycles. The molecule has 1 aromatic carbocycles. The molecule has 0 spiro atoms. The van der Waals surface area contributed by atoms with E-state index in [1.165, 1.54) is 0 Å². The first-order valence-electron chi connectivity index (χ1n) is 12.5. The zero-order valence-corrected chi connectivity index (χ0v) is 22.0. The molecule has 3 rings (SSSR count). The number of unbranched alkanes of at least 4 members (excludes halogenated alkanes) is 2. The summed E-state index contributed by atoms with van der Waals surface area (Å²) in [6.07, 6.45) is 4.12. The van der Waals surface area contributed by atoms with Crippen LogP contribution in [0.1, 0.15) is 78.4 Å². The van der Waals surface area contributed by atoms with Crippen LogP contribution in [-0.2, 0) is 13.1 Å². The van der Waals surface area contributed by atoms with Gasteiger partial charge in [-0.3, -0.25) is 9.13 Å². The Kier molecular flexibility index (Phi) is 13.1. The minimum absolute atomic E-state index is 0.0387. The van der Waals surface area contributed by atoms with Crippen LogP contribution < -0.4 is 5.69 Å². The maximum atomic E-state index is 13.3. The SMILES string of the molecule is CC.CC.Cc1cccccn(C(C)C)c(Cn2c(=O)n(CCCCC#N)c3ccccc32)n1. The van der Waals surface area contributed by atoms with Crippen LogP contribution in [0.3, 0.4) is 0 Å². The van der Waals surface area contributed by atoms with Gasteiger partial charge in [0.1, 0.15) is 5.82 Å². The molecular weight excluding hydrogens is 422 g/mol.